The van der Waals surface area contributed by atoms with Gasteiger partial charge in [0, 0.05) is 7.05 Å². The minimum Gasteiger partial charge on any atom is -0.334 e. The van der Waals surface area contributed by atoms with Gasteiger partial charge in [0.1, 0.15) is 0 Å². The molecule has 0 saturated carbocycles. The summed E-state index contributed by atoms with van der Waals surface area (Å²) in [5, 5.41) is 0. The molecular formula is C13H18N2. The first kappa shape index (κ1) is 10.2. The highest BCUT2D eigenvalue weighted by Gasteiger charge is 2.12. The van der Waals surface area contributed by atoms with Crippen LogP contribution in [0.1, 0.15) is 26.3 Å². The number of aromatic nitrogens is 2. The van der Waals surface area contributed by atoms with E-state index in [2.05, 4.69) is 48.5 Å². The monoisotopic (exact) mass is 202 g/mol. The molecule has 0 bridgehead atoms. The molecule has 0 fully saturated rings. The van der Waals surface area contributed by atoms with Gasteiger partial charge in [0.15, 0.2) is 0 Å². The third-order valence-corrected chi connectivity index (χ3v) is 2.52. The highest BCUT2D eigenvalue weighted by Crippen LogP contribution is 2.22. The molecule has 0 aliphatic heterocycles. The maximum absolute atomic E-state index is 4.32. The third-order valence-electron chi connectivity index (χ3n) is 2.52. The number of hydrogen-bond acceptors (Lipinski definition) is 1. The van der Waals surface area contributed by atoms with Crippen LogP contribution in [0.4, 0.5) is 0 Å². The zero-order valence-corrected chi connectivity index (χ0v) is 9.91. The Bertz CT molecular complexity index is 475. The fourth-order valence-electron chi connectivity index (χ4n) is 1.89. The Morgan fingerprint density at radius 3 is 2.67 bits per heavy atom. The average molecular weight is 202 g/mol. The molecule has 0 saturated heterocycles. The number of aryl methyl sites for hydroxylation is 1. The first-order valence-corrected chi connectivity index (χ1v) is 5.36. The van der Waals surface area contributed by atoms with Gasteiger partial charge in [-0.15, -0.1) is 0 Å². The molecule has 15 heavy (non-hydrogen) atoms. The van der Waals surface area contributed by atoms with E-state index >= 15 is 0 Å². The first-order chi connectivity index (χ1) is 6.96. The fourth-order valence-corrected chi connectivity index (χ4v) is 1.89. The van der Waals surface area contributed by atoms with Crippen molar-refractivity contribution in [2.24, 2.45) is 12.5 Å². The zero-order valence-electron chi connectivity index (χ0n) is 9.91. The molecule has 0 spiro atoms. The maximum Gasteiger partial charge on any atom is 0.0955 e. The van der Waals surface area contributed by atoms with Gasteiger partial charge in [-0.2, -0.15) is 0 Å². The number of rotatable bonds is 1. The average Bonchev–Trinajstić information content (AvgIpc) is 2.45. The van der Waals surface area contributed by atoms with Gasteiger partial charge in [-0.1, -0.05) is 26.8 Å². The van der Waals surface area contributed by atoms with Crippen LogP contribution in [0, 0.1) is 5.41 Å². The largest absolute Gasteiger partial charge is 0.334 e. The molecule has 2 aromatic rings. The molecule has 0 aliphatic rings. The van der Waals surface area contributed by atoms with E-state index in [1.54, 1.807) is 0 Å². The van der Waals surface area contributed by atoms with Crippen molar-refractivity contribution in [3.05, 3.63) is 30.1 Å². The summed E-state index contributed by atoms with van der Waals surface area (Å²) in [5.41, 5.74) is 4.03. The van der Waals surface area contributed by atoms with Crippen molar-refractivity contribution in [1.29, 1.82) is 0 Å². The molecule has 0 unspecified atom stereocenters. The summed E-state index contributed by atoms with van der Waals surface area (Å²) in [6, 6.07) is 6.53. The molecule has 0 N–H and O–H groups in total. The number of benzene rings is 1. The Kier molecular flexibility index (Phi) is 2.29. The SMILES string of the molecule is Cn1cnc2ccc(CC(C)(C)C)cc21. The Morgan fingerprint density at radius 1 is 1.27 bits per heavy atom. The van der Waals surface area contributed by atoms with E-state index in [0.717, 1.165) is 11.9 Å². The van der Waals surface area contributed by atoms with Crippen molar-refractivity contribution >= 4 is 11.0 Å². The highest BCUT2D eigenvalue weighted by atomic mass is 15.0. The molecule has 0 aliphatic carbocycles. The van der Waals surface area contributed by atoms with Crippen LogP contribution in [-0.2, 0) is 13.5 Å². The van der Waals surface area contributed by atoms with Crippen molar-refractivity contribution in [1.82, 2.24) is 9.55 Å². The standard InChI is InChI=1S/C13H18N2/c1-13(2,3)8-10-5-6-11-12(7-10)15(4)9-14-11/h5-7,9H,8H2,1-4H3. The van der Waals surface area contributed by atoms with Crippen molar-refractivity contribution in [2.45, 2.75) is 27.2 Å². The topological polar surface area (TPSA) is 17.8 Å². The normalized spacial score (nSPS) is 12.3. The molecule has 0 amide bonds. The van der Waals surface area contributed by atoms with E-state index in [-0.39, 0.29) is 0 Å². The van der Waals surface area contributed by atoms with Gasteiger partial charge in [0.25, 0.3) is 0 Å². The Hall–Kier alpha value is -1.31. The van der Waals surface area contributed by atoms with Gasteiger partial charge in [0.2, 0.25) is 0 Å². The lowest BCUT2D eigenvalue weighted by molar-refractivity contribution is 0.411. The highest BCUT2D eigenvalue weighted by molar-refractivity contribution is 5.75. The Morgan fingerprint density at radius 2 is 2.00 bits per heavy atom. The van der Waals surface area contributed by atoms with E-state index in [1.807, 2.05) is 13.4 Å². The quantitative estimate of drug-likeness (QED) is 0.694. The van der Waals surface area contributed by atoms with Crippen LogP contribution >= 0.6 is 0 Å². The van der Waals surface area contributed by atoms with Crippen LogP contribution in [-0.4, -0.2) is 9.55 Å². The Balaban J connectivity index is 2.42. The first-order valence-electron chi connectivity index (χ1n) is 5.36. The van der Waals surface area contributed by atoms with Gasteiger partial charge >= 0.3 is 0 Å². The van der Waals surface area contributed by atoms with E-state index in [0.29, 0.717) is 5.41 Å². The summed E-state index contributed by atoms with van der Waals surface area (Å²) in [6.45, 7) is 6.79. The third kappa shape index (κ3) is 2.20. The summed E-state index contributed by atoms with van der Waals surface area (Å²) in [7, 11) is 2.04. The molecule has 1 aromatic carbocycles. The maximum atomic E-state index is 4.32. The van der Waals surface area contributed by atoms with E-state index in [4.69, 9.17) is 0 Å². The zero-order chi connectivity index (χ0) is 11.1. The second-order valence-corrected chi connectivity index (χ2v) is 5.42. The van der Waals surface area contributed by atoms with Crippen LogP contribution < -0.4 is 0 Å². The number of nitrogens with zero attached hydrogens (tertiary/aromatic N) is 2. The summed E-state index contributed by atoms with van der Waals surface area (Å²) >= 11 is 0. The molecule has 2 rings (SSSR count). The second kappa shape index (κ2) is 3.37. The molecule has 2 nitrogen and oxygen atoms in total. The van der Waals surface area contributed by atoms with Crippen molar-refractivity contribution in [3.8, 4) is 0 Å². The number of fused-ring (bicyclic) bond motifs is 1. The number of hydrogen-bond donors (Lipinski definition) is 0. The lowest BCUT2D eigenvalue weighted by atomic mass is 9.88. The van der Waals surface area contributed by atoms with Gasteiger partial charge in [-0.3, -0.25) is 0 Å². The smallest absolute Gasteiger partial charge is 0.0955 e. The predicted molar refractivity (Wildman–Crippen MR) is 63.9 cm³/mol. The van der Waals surface area contributed by atoms with Crippen molar-refractivity contribution < 1.29 is 0 Å². The molecule has 1 aromatic heterocycles. The lowest BCUT2D eigenvalue weighted by Gasteiger charge is -2.18. The summed E-state index contributed by atoms with van der Waals surface area (Å²) in [6.07, 6.45) is 2.97. The Labute approximate surface area is 90.9 Å². The van der Waals surface area contributed by atoms with Crippen molar-refractivity contribution in [3.63, 3.8) is 0 Å². The van der Waals surface area contributed by atoms with Crippen LogP contribution in [0.25, 0.3) is 11.0 Å². The lowest BCUT2D eigenvalue weighted by Crippen LogP contribution is -2.09. The van der Waals surface area contributed by atoms with Gasteiger partial charge in [-0.05, 0) is 29.5 Å². The molecule has 80 valence electrons. The molecule has 0 atom stereocenters. The predicted octanol–water partition coefficient (Wildman–Crippen LogP) is 3.16. The van der Waals surface area contributed by atoms with Gasteiger partial charge in [0.05, 0.1) is 17.4 Å². The van der Waals surface area contributed by atoms with E-state index in [1.165, 1.54) is 11.1 Å². The molecule has 1 heterocycles. The molecule has 0 radical (unpaired) electrons. The molecular weight excluding hydrogens is 184 g/mol. The van der Waals surface area contributed by atoms with Crippen LogP contribution in [0.2, 0.25) is 0 Å². The summed E-state index contributed by atoms with van der Waals surface area (Å²) < 4.78 is 2.07. The van der Waals surface area contributed by atoms with Crippen molar-refractivity contribution in [2.75, 3.05) is 0 Å². The van der Waals surface area contributed by atoms with Crippen LogP contribution in [0.5, 0.6) is 0 Å². The van der Waals surface area contributed by atoms with Gasteiger partial charge in [-0.25, -0.2) is 4.98 Å². The van der Waals surface area contributed by atoms with E-state index in [9.17, 15) is 0 Å². The summed E-state index contributed by atoms with van der Waals surface area (Å²) in [5.74, 6) is 0. The van der Waals surface area contributed by atoms with Crippen LogP contribution in [0.15, 0.2) is 24.5 Å². The fraction of sp³-hybridized carbons (Fsp3) is 0.462. The minimum absolute atomic E-state index is 0.340. The number of imidazole rings is 1. The van der Waals surface area contributed by atoms with Crippen LogP contribution in [0.3, 0.4) is 0 Å². The van der Waals surface area contributed by atoms with Gasteiger partial charge < -0.3 is 4.57 Å². The van der Waals surface area contributed by atoms with E-state index < -0.39 is 0 Å². The second-order valence-electron chi connectivity index (χ2n) is 5.42. The molecule has 2 heteroatoms. The summed E-state index contributed by atoms with van der Waals surface area (Å²) in [4.78, 5) is 4.32. The minimum atomic E-state index is 0.340.